The number of nitrogens with two attached hydrogens (primary N) is 1. The summed E-state index contributed by atoms with van der Waals surface area (Å²) in [6.45, 7) is 0. The van der Waals surface area contributed by atoms with Gasteiger partial charge in [0.15, 0.2) is 0 Å². The predicted octanol–water partition coefficient (Wildman–Crippen LogP) is 3.76. The highest BCUT2D eigenvalue weighted by Gasteiger charge is 2.19. The van der Waals surface area contributed by atoms with Crippen molar-refractivity contribution in [3.8, 4) is 21.8 Å². The molecule has 3 N–H and O–H groups in total. The van der Waals surface area contributed by atoms with E-state index < -0.39 is 5.97 Å². The van der Waals surface area contributed by atoms with Crippen LogP contribution in [0, 0.1) is 0 Å². The summed E-state index contributed by atoms with van der Waals surface area (Å²) in [6, 6.07) is 16.6. The van der Waals surface area contributed by atoms with E-state index >= 15 is 0 Å². The second-order valence-electron chi connectivity index (χ2n) is 4.49. The summed E-state index contributed by atoms with van der Waals surface area (Å²) in [5, 5.41) is 10.0. The number of carboxylic acid groups (broad SMARTS) is 1. The number of aromatic nitrogens is 1. The van der Waals surface area contributed by atoms with Crippen LogP contribution in [0.25, 0.3) is 21.8 Å². The van der Waals surface area contributed by atoms with Crippen molar-refractivity contribution in [1.82, 2.24) is 4.98 Å². The minimum absolute atomic E-state index is 0.235. The number of carboxylic acids is 1. The summed E-state index contributed by atoms with van der Waals surface area (Å²) in [4.78, 5) is 16.2. The highest BCUT2D eigenvalue weighted by molar-refractivity contribution is 7.17. The van der Waals surface area contributed by atoms with Crippen LogP contribution in [0.1, 0.15) is 9.67 Å². The molecule has 104 valence electrons. The van der Waals surface area contributed by atoms with E-state index in [1.165, 1.54) is 0 Å². The third-order valence-corrected chi connectivity index (χ3v) is 4.09. The number of benzene rings is 2. The Kier molecular flexibility index (Phi) is 3.41. The Bertz CT molecular complexity index is 797. The fourth-order valence-corrected chi connectivity index (χ4v) is 2.97. The average molecular weight is 296 g/mol. The first-order valence-corrected chi connectivity index (χ1v) is 7.12. The van der Waals surface area contributed by atoms with Gasteiger partial charge in [-0.1, -0.05) is 42.5 Å². The van der Waals surface area contributed by atoms with E-state index in [1.807, 2.05) is 42.5 Å². The van der Waals surface area contributed by atoms with Crippen molar-refractivity contribution in [3.05, 3.63) is 59.5 Å². The predicted molar refractivity (Wildman–Crippen MR) is 84.4 cm³/mol. The molecule has 2 aromatic carbocycles. The fraction of sp³-hybridized carbons (Fsp3) is 0. The highest BCUT2D eigenvalue weighted by Crippen LogP contribution is 2.34. The van der Waals surface area contributed by atoms with E-state index in [0.717, 1.165) is 22.5 Å². The number of carbonyl (C=O) groups is 1. The molecule has 0 aliphatic carbocycles. The Labute approximate surface area is 125 Å². The lowest BCUT2D eigenvalue weighted by Crippen LogP contribution is -1.95. The second-order valence-corrected chi connectivity index (χ2v) is 5.49. The van der Waals surface area contributed by atoms with E-state index in [9.17, 15) is 9.90 Å². The lowest BCUT2D eigenvalue weighted by molar-refractivity contribution is 0.0702. The zero-order chi connectivity index (χ0) is 14.8. The molecule has 3 rings (SSSR count). The van der Waals surface area contributed by atoms with Crippen LogP contribution in [-0.4, -0.2) is 16.1 Å². The van der Waals surface area contributed by atoms with E-state index in [1.54, 1.807) is 12.1 Å². The first-order valence-electron chi connectivity index (χ1n) is 6.30. The zero-order valence-corrected chi connectivity index (χ0v) is 11.8. The lowest BCUT2D eigenvalue weighted by Gasteiger charge is -1.98. The van der Waals surface area contributed by atoms with Gasteiger partial charge in [-0.05, 0) is 12.1 Å². The maximum Gasteiger partial charge on any atom is 0.348 e. The number of anilines is 1. The molecule has 0 aliphatic heterocycles. The summed E-state index contributed by atoms with van der Waals surface area (Å²) < 4.78 is 0. The van der Waals surface area contributed by atoms with E-state index in [2.05, 4.69) is 4.98 Å². The van der Waals surface area contributed by atoms with Crippen LogP contribution in [-0.2, 0) is 0 Å². The molecule has 1 aromatic heterocycles. The Morgan fingerprint density at radius 1 is 1.05 bits per heavy atom. The van der Waals surface area contributed by atoms with Crippen LogP contribution in [0.2, 0.25) is 0 Å². The number of thiazole rings is 1. The maximum absolute atomic E-state index is 11.5. The molecular formula is C16H12N2O2S. The first kappa shape index (κ1) is 13.3. The monoisotopic (exact) mass is 296 g/mol. The summed E-state index contributed by atoms with van der Waals surface area (Å²) in [6.07, 6.45) is 0. The normalized spacial score (nSPS) is 10.5. The number of hydrogen-bond acceptors (Lipinski definition) is 4. The Balaban J connectivity index is 2.15. The van der Waals surface area contributed by atoms with E-state index in [-0.39, 0.29) is 4.88 Å². The van der Waals surface area contributed by atoms with Crippen molar-refractivity contribution in [1.29, 1.82) is 0 Å². The van der Waals surface area contributed by atoms with Gasteiger partial charge in [-0.15, -0.1) is 11.3 Å². The van der Waals surface area contributed by atoms with Gasteiger partial charge in [0.1, 0.15) is 9.88 Å². The Morgan fingerprint density at radius 2 is 1.76 bits per heavy atom. The Morgan fingerprint density at radius 3 is 2.43 bits per heavy atom. The fourth-order valence-electron chi connectivity index (χ4n) is 2.05. The van der Waals surface area contributed by atoms with Gasteiger partial charge in [0.05, 0.1) is 5.69 Å². The molecule has 0 radical (unpaired) electrons. The van der Waals surface area contributed by atoms with Crippen molar-refractivity contribution in [2.75, 3.05) is 5.73 Å². The number of hydrogen-bond donors (Lipinski definition) is 2. The number of nitrogens with zero attached hydrogens (tertiary/aromatic N) is 1. The van der Waals surface area contributed by atoms with Gasteiger partial charge >= 0.3 is 5.97 Å². The summed E-state index contributed by atoms with van der Waals surface area (Å²) in [5.74, 6) is -0.971. The molecule has 3 aromatic rings. The van der Waals surface area contributed by atoms with Gasteiger partial charge < -0.3 is 10.8 Å². The third kappa shape index (κ3) is 2.64. The van der Waals surface area contributed by atoms with Gasteiger partial charge in [0.25, 0.3) is 0 Å². The molecule has 0 bridgehead atoms. The van der Waals surface area contributed by atoms with Gasteiger partial charge in [0, 0.05) is 16.8 Å². The molecule has 0 amide bonds. The number of nitrogen functional groups attached to an aromatic ring is 1. The minimum Gasteiger partial charge on any atom is -0.477 e. The van der Waals surface area contributed by atoms with E-state index in [0.29, 0.717) is 16.4 Å². The lowest BCUT2D eigenvalue weighted by atomic mass is 10.1. The maximum atomic E-state index is 11.5. The summed E-state index contributed by atoms with van der Waals surface area (Å²) >= 11 is 1.16. The van der Waals surface area contributed by atoms with Crippen LogP contribution in [0.15, 0.2) is 54.6 Å². The van der Waals surface area contributed by atoms with Crippen molar-refractivity contribution in [2.24, 2.45) is 0 Å². The molecule has 21 heavy (non-hydrogen) atoms. The van der Waals surface area contributed by atoms with Crippen LogP contribution >= 0.6 is 11.3 Å². The second kappa shape index (κ2) is 5.38. The molecule has 4 nitrogen and oxygen atoms in total. The molecule has 0 saturated heterocycles. The minimum atomic E-state index is -0.971. The standard InChI is InChI=1S/C16H12N2O2S/c17-12-8-4-7-11(9-12)15-18-13(14(21-15)16(19)20)10-5-2-1-3-6-10/h1-9H,17H2,(H,19,20). The zero-order valence-electron chi connectivity index (χ0n) is 11.0. The molecule has 5 heteroatoms. The third-order valence-electron chi connectivity index (χ3n) is 3.00. The molecule has 0 unspecified atom stereocenters. The van der Waals surface area contributed by atoms with Crippen molar-refractivity contribution in [2.45, 2.75) is 0 Å². The van der Waals surface area contributed by atoms with Gasteiger partial charge in [-0.3, -0.25) is 0 Å². The molecule has 0 atom stereocenters. The quantitative estimate of drug-likeness (QED) is 0.721. The van der Waals surface area contributed by atoms with Crippen molar-refractivity contribution >= 4 is 23.0 Å². The number of aromatic carboxylic acids is 1. The van der Waals surface area contributed by atoms with E-state index in [4.69, 9.17) is 5.73 Å². The molecule has 0 aliphatic rings. The van der Waals surface area contributed by atoms with Crippen LogP contribution in [0.3, 0.4) is 0 Å². The topological polar surface area (TPSA) is 76.2 Å². The van der Waals surface area contributed by atoms with Gasteiger partial charge in [-0.2, -0.15) is 0 Å². The molecule has 0 fully saturated rings. The van der Waals surface area contributed by atoms with Crippen LogP contribution < -0.4 is 5.73 Å². The highest BCUT2D eigenvalue weighted by atomic mass is 32.1. The Hall–Kier alpha value is -2.66. The van der Waals surface area contributed by atoms with Crippen LogP contribution in [0.5, 0.6) is 0 Å². The molecular weight excluding hydrogens is 284 g/mol. The van der Waals surface area contributed by atoms with Gasteiger partial charge in [-0.25, -0.2) is 9.78 Å². The average Bonchev–Trinajstić information content (AvgIpc) is 2.93. The SMILES string of the molecule is Nc1cccc(-c2nc(-c3ccccc3)c(C(=O)O)s2)c1. The summed E-state index contributed by atoms with van der Waals surface area (Å²) in [5.41, 5.74) is 8.51. The van der Waals surface area contributed by atoms with Crippen molar-refractivity contribution in [3.63, 3.8) is 0 Å². The first-order chi connectivity index (χ1) is 10.1. The molecule has 0 spiro atoms. The number of rotatable bonds is 3. The largest absolute Gasteiger partial charge is 0.477 e. The molecule has 0 saturated carbocycles. The van der Waals surface area contributed by atoms with Crippen molar-refractivity contribution < 1.29 is 9.90 Å². The smallest absolute Gasteiger partial charge is 0.348 e. The summed E-state index contributed by atoms with van der Waals surface area (Å²) in [7, 11) is 0. The van der Waals surface area contributed by atoms with Crippen LogP contribution in [0.4, 0.5) is 5.69 Å². The van der Waals surface area contributed by atoms with Gasteiger partial charge in [0.2, 0.25) is 0 Å². The molecule has 1 heterocycles.